The van der Waals surface area contributed by atoms with E-state index >= 15 is 0 Å². The van der Waals surface area contributed by atoms with Gasteiger partial charge in [0.15, 0.2) is 0 Å². The maximum Gasteiger partial charge on any atom is 0.391 e. The summed E-state index contributed by atoms with van der Waals surface area (Å²) >= 11 is 0. The molecule has 1 fully saturated rings. The Morgan fingerprint density at radius 2 is 1.95 bits per heavy atom. The van der Waals surface area contributed by atoms with Crippen LogP contribution in [-0.2, 0) is 0 Å². The second-order valence-corrected chi connectivity index (χ2v) is 4.64. The minimum absolute atomic E-state index is 0.0583. The Balaban J connectivity index is 1.97. The topological polar surface area (TPSA) is 58.1 Å². The van der Waals surface area contributed by atoms with E-state index in [0.29, 0.717) is 5.82 Å². The van der Waals surface area contributed by atoms with Crippen molar-refractivity contribution in [3.05, 3.63) is 18.1 Å². The van der Waals surface area contributed by atoms with Crippen LogP contribution in [0.5, 0.6) is 0 Å². The van der Waals surface area contributed by atoms with Crippen molar-refractivity contribution in [2.24, 2.45) is 5.92 Å². The van der Waals surface area contributed by atoms with E-state index in [4.69, 9.17) is 0 Å². The number of alkyl halides is 3. The molecule has 0 saturated carbocycles. The highest BCUT2D eigenvalue weighted by Gasteiger charge is 2.41. The molecule has 0 radical (unpaired) electrons. The lowest BCUT2D eigenvalue weighted by Gasteiger charge is -2.32. The van der Waals surface area contributed by atoms with Crippen LogP contribution in [0.4, 0.5) is 19.0 Å². The molecule has 2 rings (SSSR count). The van der Waals surface area contributed by atoms with Crippen LogP contribution in [0.2, 0.25) is 0 Å². The molecule has 20 heavy (non-hydrogen) atoms. The number of carbonyl (C=O) groups excluding carboxylic acids is 1. The molecule has 1 aromatic rings. The number of carbonyl (C=O) groups is 1. The van der Waals surface area contributed by atoms with E-state index in [0.717, 1.165) is 0 Å². The first-order valence-corrected chi connectivity index (χ1v) is 6.27. The molecule has 1 aliphatic heterocycles. The van der Waals surface area contributed by atoms with E-state index in [1.807, 2.05) is 0 Å². The third-order valence-corrected chi connectivity index (χ3v) is 3.37. The molecule has 1 aliphatic rings. The van der Waals surface area contributed by atoms with Gasteiger partial charge in [0.25, 0.3) is 5.91 Å². The third-order valence-electron chi connectivity index (χ3n) is 3.37. The van der Waals surface area contributed by atoms with Crippen LogP contribution in [0.1, 0.15) is 23.3 Å². The van der Waals surface area contributed by atoms with Gasteiger partial charge >= 0.3 is 6.18 Å². The Bertz CT molecular complexity index is 467. The Kier molecular flexibility index (Phi) is 4.10. The Labute approximate surface area is 114 Å². The fraction of sp³-hybridized carbons (Fsp3) is 0.583. The lowest BCUT2D eigenvalue weighted by Crippen LogP contribution is -2.42. The number of likely N-dealkylation sites (tertiary alicyclic amines) is 1. The summed E-state index contributed by atoms with van der Waals surface area (Å²) in [7, 11) is 1.67. The van der Waals surface area contributed by atoms with Gasteiger partial charge < -0.3 is 10.2 Å². The molecule has 1 saturated heterocycles. The molecule has 5 nitrogen and oxygen atoms in total. The van der Waals surface area contributed by atoms with Crippen LogP contribution in [0.3, 0.4) is 0 Å². The summed E-state index contributed by atoms with van der Waals surface area (Å²) in [6, 6.07) is 0. The Morgan fingerprint density at radius 1 is 1.30 bits per heavy atom. The second kappa shape index (κ2) is 5.64. The van der Waals surface area contributed by atoms with Crippen molar-refractivity contribution in [3.63, 3.8) is 0 Å². The maximum absolute atomic E-state index is 12.5. The van der Waals surface area contributed by atoms with Gasteiger partial charge in [0.05, 0.1) is 18.3 Å². The Morgan fingerprint density at radius 3 is 2.40 bits per heavy atom. The van der Waals surface area contributed by atoms with Crippen LogP contribution in [0.25, 0.3) is 0 Å². The lowest BCUT2D eigenvalue weighted by atomic mass is 9.96. The molecule has 0 aliphatic carbocycles. The molecule has 0 unspecified atom stereocenters. The summed E-state index contributed by atoms with van der Waals surface area (Å²) in [4.78, 5) is 21.4. The number of amides is 1. The number of halogens is 3. The average molecular weight is 288 g/mol. The fourth-order valence-corrected chi connectivity index (χ4v) is 2.14. The van der Waals surface area contributed by atoms with Crippen LogP contribution in [0.15, 0.2) is 12.4 Å². The zero-order valence-electron chi connectivity index (χ0n) is 10.9. The fourth-order valence-electron chi connectivity index (χ4n) is 2.14. The van der Waals surface area contributed by atoms with Gasteiger partial charge in [-0.05, 0) is 12.8 Å². The van der Waals surface area contributed by atoms with E-state index in [1.54, 1.807) is 7.05 Å². The molecular formula is C12H15F3N4O. The third kappa shape index (κ3) is 3.17. The van der Waals surface area contributed by atoms with E-state index < -0.39 is 12.1 Å². The highest BCUT2D eigenvalue weighted by molar-refractivity contribution is 5.92. The molecule has 1 aromatic heterocycles. The van der Waals surface area contributed by atoms with Gasteiger partial charge in [-0.25, -0.2) is 9.97 Å². The van der Waals surface area contributed by atoms with Gasteiger partial charge in [0.1, 0.15) is 11.5 Å². The zero-order valence-corrected chi connectivity index (χ0v) is 10.9. The minimum atomic E-state index is -4.18. The quantitative estimate of drug-likeness (QED) is 0.903. The molecule has 110 valence electrons. The first-order valence-electron chi connectivity index (χ1n) is 6.27. The van der Waals surface area contributed by atoms with Gasteiger partial charge in [0, 0.05) is 20.1 Å². The molecule has 0 spiro atoms. The normalized spacial score (nSPS) is 17.1. The predicted molar refractivity (Wildman–Crippen MR) is 66.3 cm³/mol. The standard InChI is InChI=1S/C12H15F3N4O/c1-16-10-7-17-9(6-18-10)11(20)19-4-2-8(3-5-19)12(13,14)15/h6-8H,2-5H2,1H3,(H,16,18). The highest BCUT2D eigenvalue weighted by atomic mass is 19.4. The van der Waals surface area contributed by atoms with Gasteiger partial charge in [-0.1, -0.05) is 0 Å². The lowest BCUT2D eigenvalue weighted by molar-refractivity contribution is -0.183. The van der Waals surface area contributed by atoms with Crippen molar-refractivity contribution in [3.8, 4) is 0 Å². The van der Waals surface area contributed by atoms with Crippen LogP contribution >= 0.6 is 0 Å². The summed E-state index contributed by atoms with van der Waals surface area (Å²) in [5.41, 5.74) is 0.148. The van der Waals surface area contributed by atoms with Crippen molar-refractivity contribution in [1.29, 1.82) is 0 Å². The van der Waals surface area contributed by atoms with E-state index in [9.17, 15) is 18.0 Å². The van der Waals surface area contributed by atoms with Gasteiger partial charge in [-0.15, -0.1) is 0 Å². The minimum Gasteiger partial charge on any atom is -0.372 e. The van der Waals surface area contributed by atoms with Crippen molar-refractivity contribution in [2.45, 2.75) is 19.0 Å². The molecule has 2 heterocycles. The van der Waals surface area contributed by atoms with Crippen LogP contribution < -0.4 is 5.32 Å². The summed E-state index contributed by atoms with van der Waals surface area (Å²) in [6.45, 7) is 0.191. The van der Waals surface area contributed by atoms with Crippen molar-refractivity contribution in [1.82, 2.24) is 14.9 Å². The molecule has 1 N–H and O–H groups in total. The number of anilines is 1. The number of nitrogens with one attached hydrogen (secondary N) is 1. The molecule has 1 amide bonds. The number of piperidine rings is 1. The first-order chi connectivity index (χ1) is 9.41. The monoisotopic (exact) mass is 288 g/mol. The number of rotatable bonds is 2. The van der Waals surface area contributed by atoms with E-state index in [1.165, 1.54) is 17.3 Å². The summed E-state index contributed by atoms with van der Waals surface area (Å²) in [6.07, 6.45) is -1.56. The van der Waals surface area contributed by atoms with E-state index in [-0.39, 0.29) is 37.5 Å². The molecular weight excluding hydrogens is 273 g/mol. The zero-order chi connectivity index (χ0) is 14.8. The summed E-state index contributed by atoms with van der Waals surface area (Å²) < 4.78 is 37.6. The van der Waals surface area contributed by atoms with E-state index in [2.05, 4.69) is 15.3 Å². The predicted octanol–water partition coefficient (Wildman–Crippen LogP) is 1.93. The molecule has 0 aromatic carbocycles. The SMILES string of the molecule is CNc1cnc(C(=O)N2CCC(C(F)(F)F)CC2)cn1. The molecule has 0 atom stereocenters. The average Bonchev–Trinajstić information content (AvgIpc) is 2.46. The summed E-state index contributed by atoms with van der Waals surface area (Å²) in [5, 5.41) is 2.77. The molecule has 8 heteroatoms. The van der Waals surface area contributed by atoms with Crippen LogP contribution in [-0.4, -0.2) is 47.1 Å². The van der Waals surface area contributed by atoms with Crippen molar-refractivity contribution < 1.29 is 18.0 Å². The number of aromatic nitrogens is 2. The Hall–Kier alpha value is -1.86. The van der Waals surface area contributed by atoms with Gasteiger partial charge in [-0.2, -0.15) is 13.2 Å². The summed E-state index contributed by atoms with van der Waals surface area (Å²) in [5.74, 6) is -1.16. The first kappa shape index (κ1) is 14.5. The largest absolute Gasteiger partial charge is 0.391 e. The smallest absolute Gasteiger partial charge is 0.372 e. The second-order valence-electron chi connectivity index (χ2n) is 4.64. The number of nitrogens with zero attached hydrogens (tertiary/aromatic N) is 3. The number of hydrogen-bond acceptors (Lipinski definition) is 4. The van der Waals surface area contributed by atoms with Crippen molar-refractivity contribution in [2.75, 3.05) is 25.5 Å². The number of hydrogen-bond donors (Lipinski definition) is 1. The van der Waals surface area contributed by atoms with Crippen LogP contribution in [0, 0.1) is 5.92 Å². The maximum atomic E-state index is 12.5. The van der Waals surface area contributed by atoms with Gasteiger partial charge in [0.2, 0.25) is 0 Å². The van der Waals surface area contributed by atoms with Crippen molar-refractivity contribution >= 4 is 11.7 Å². The highest BCUT2D eigenvalue weighted by Crippen LogP contribution is 2.34. The molecule has 0 bridgehead atoms. The van der Waals surface area contributed by atoms with Gasteiger partial charge in [-0.3, -0.25) is 4.79 Å².